The van der Waals surface area contributed by atoms with E-state index in [9.17, 15) is 9.90 Å². The van der Waals surface area contributed by atoms with Crippen LogP contribution in [0.4, 0.5) is 0 Å². The van der Waals surface area contributed by atoms with E-state index in [0.717, 1.165) is 23.9 Å². The summed E-state index contributed by atoms with van der Waals surface area (Å²) < 4.78 is 0.807. The number of carbonyl (C=O) groups excluding carboxylic acids is 1. The van der Waals surface area contributed by atoms with Crippen LogP contribution in [0.3, 0.4) is 0 Å². The lowest BCUT2D eigenvalue weighted by atomic mass is 9.91. The first-order valence-electron chi connectivity index (χ1n) is 6.30. The van der Waals surface area contributed by atoms with E-state index in [1.54, 1.807) is 18.2 Å². The number of piperidine rings is 1. The summed E-state index contributed by atoms with van der Waals surface area (Å²) in [5.74, 6) is 0.485. The Morgan fingerprint density at radius 1 is 1.44 bits per heavy atom. The maximum absolute atomic E-state index is 12.5. The van der Waals surface area contributed by atoms with Crippen LogP contribution in [0.1, 0.15) is 37.0 Å². The maximum atomic E-state index is 12.5. The summed E-state index contributed by atoms with van der Waals surface area (Å²) in [7, 11) is 0. The van der Waals surface area contributed by atoms with Gasteiger partial charge in [-0.1, -0.05) is 22.9 Å². The third-order valence-electron chi connectivity index (χ3n) is 3.82. The van der Waals surface area contributed by atoms with Crippen molar-refractivity contribution in [3.05, 3.63) is 28.2 Å². The molecule has 2 rings (SSSR count). The zero-order chi connectivity index (χ0) is 13.3. The molecule has 18 heavy (non-hydrogen) atoms. The highest BCUT2D eigenvalue weighted by Crippen LogP contribution is 2.28. The summed E-state index contributed by atoms with van der Waals surface area (Å²) in [6, 6.07) is 5.19. The van der Waals surface area contributed by atoms with Gasteiger partial charge in [0.05, 0.1) is 5.56 Å². The minimum Gasteiger partial charge on any atom is -0.507 e. The monoisotopic (exact) mass is 311 g/mol. The molecule has 2 unspecified atom stereocenters. The molecule has 1 aliphatic rings. The number of carbonyl (C=O) groups is 1. The minimum absolute atomic E-state index is 0.0497. The molecule has 1 N–H and O–H groups in total. The predicted molar refractivity (Wildman–Crippen MR) is 74.7 cm³/mol. The van der Waals surface area contributed by atoms with Crippen LogP contribution in [0.25, 0.3) is 0 Å². The van der Waals surface area contributed by atoms with Crippen LogP contribution in [0.15, 0.2) is 22.7 Å². The fraction of sp³-hybridized carbons (Fsp3) is 0.500. The molecule has 1 amide bonds. The zero-order valence-electron chi connectivity index (χ0n) is 10.7. The number of amides is 1. The molecule has 1 aromatic carbocycles. The molecule has 1 aliphatic heterocycles. The Morgan fingerprint density at radius 3 is 2.89 bits per heavy atom. The molecule has 0 aromatic heterocycles. The van der Waals surface area contributed by atoms with E-state index in [4.69, 9.17) is 0 Å². The molecule has 4 heteroatoms. The van der Waals surface area contributed by atoms with Gasteiger partial charge in [-0.05, 0) is 43.9 Å². The van der Waals surface area contributed by atoms with Gasteiger partial charge < -0.3 is 10.0 Å². The Labute approximate surface area is 116 Å². The summed E-state index contributed by atoms with van der Waals surface area (Å²) in [5, 5.41) is 9.82. The number of hydrogen-bond donors (Lipinski definition) is 1. The molecule has 1 saturated heterocycles. The van der Waals surface area contributed by atoms with Crippen molar-refractivity contribution in [3.8, 4) is 5.75 Å². The highest BCUT2D eigenvalue weighted by Gasteiger charge is 2.30. The lowest BCUT2D eigenvalue weighted by Gasteiger charge is -2.38. The Balaban J connectivity index is 2.27. The Morgan fingerprint density at radius 2 is 2.17 bits per heavy atom. The molecule has 0 aliphatic carbocycles. The molecular formula is C14H18BrNO2. The number of benzene rings is 1. The summed E-state index contributed by atoms with van der Waals surface area (Å²) in [6.45, 7) is 5.03. The molecule has 0 spiro atoms. The number of likely N-dealkylation sites (tertiary alicyclic amines) is 1. The smallest absolute Gasteiger partial charge is 0.257 e. The van der Waals surface area contributed by atoms with E-state index in [1.165, 1.54) is 0 Å². The highest BCUT2D eigenvalue weighted by atomic mass is 79.9. The summed E-state index contributed by atoms with van der Waals surface area (Å²) >= 11 is 3.33. The quantitative estimate of drug-likeness (QED) is 0.863. The molecule has 98 valence electrons. The largest absolute Gasteiger partial charge is 0.507 e. The predicted octanol–water partition coefficient (Wildman–Crippen LogP) is 3.42. The Bertz CT molecular complexity index is 461. The van der Waals surface area contributed by atoms with Crippen molar-refractivity contribution < 1.29 is 9.90 Å². The van der Waals surface area contributed by atoms with E-state index in [1.807, 2.05) is 4.90 Å². The first kappa shape index (κ1) is 13.4. The average Bonchev–Trinajstić information content (AvgIpc) is 2.35. The standard InChI is InChI=1S/C14H18BrNO2/c1-9-4-3-7-16(10(9)2)14(18)12-8-11(15)5-6-13(12)17/h5-6,8-10,17H,3-4,7H2,1-2H3. The van der Waals surface area contributed by atoms with Crippen LogP contribution in [0, 0.1) is 5.92 Å². The number of phenolic OH excluding ortho intramolecular Hbond substituents is 1. The minimum atomic E-state index is -0.0761. The topological polar surface area (TPSA) is 40.5 Å². The van der Waals surface area contributed by atoms with Crippen molar-refractivity contribution in [2.75, 3.05) is 6.54 Å². The van der Waals surface area contributed by atoms with E-state index < -0.39 is 0 Å². The fourth-order valence-electron chi connectivity index (χ4n) is 2.46. The van der Waals surface area contributed by atoms with Crippen molar-refractivity contribution in [1.82, 2.24) is 4.90 Å². The highest BCUT2D eigenvalue weighted by molar-refractivity contribution is 9.10. The molecule has 1 fully saturated rings. The van der Waals surface area contributed by atoms with Crippen molar-refractivity contribution in [2.24, 2.45) is 5.92 Å². The second-order valence-electron chi connectivity index (χ2n) is 5.02. The van der Waals surface area contributed by atoms with Gasteiger partial charge in [0.25, 0.3) is 5.91 Å². The number of hydrogen-bond acceptors (Lipinski definition) is 2. The molecule has 0 saturated carbocycles. The molecule has 3 nitrogen and oxygen atoms in total. The molecule has 0 radical (unpaired) electrons. The molecule has 2 atom stereocenters. The lowest BCUT2D eigenvalue weighted by Crippen LogP contribution is -2.46. The second-order valence-corrected chi connectivity index (χ2v) is 5.94. The van der Waals surface area contributed by atoms with E-state index >= 15 is 0 Å². The van der Waals surface area contributed by atoms with Crippen LogP contribution in [-0.2, 0) is 0 Å². The van der Waals surface area contributed by atoms with Gasteiger partial charge in [-0.3, -0.25) is 4.79 Å². The van der Waals surface area contributed by atoms with Crippen molar-refractivity contribution in [2.45, 2.75) is 32.7 Å². The lowest BCUT2D eigenvalue weighted by molar-refractivity contribution is 0.0548. The molecular weight excluding hydrogens is 294 g/mol. The van der Waals surface area contributed by atoms with E-state index in [2.05, 4.69) is 29.8 Å². The van der Waals surface area contributed by atoms with Gasteiger partial charge in [-0.25, -0.2) is 0 Å². The van der Waals surface area contributed by atoms with E-state index in [0.29, 0.717) is 11.5 Å². The number of aromatic hydroxyl groups is 1. The van der Waals surface area contributed by atoms with Crippen molar-refractivity contribution >= 4 is 21.8 Å². The SMILES string of the molecule is CC1CCCN(C(=O)c2cc(Br)ccc2O)C1C. The first-order valence-corrected chi connectivity index (χ1v) is 7.09. The third-order valence-corrected chi connectivity index (χ3v) is 4.32. The molecule has 0 bridgehead atoms. The van der Waals surface area contributed by atoms with Gasteiger partial charge >= 0.3 is 0 Å². The van der Waals surface area contributed by atoms with Gasteiger partial charge in [-0.15, -0.1) is 0 Å². The summed E-state index contributed by atoms with van der Waals surface area (Å²) in [5.41, 5.74) is 0.380. The third kappa shape index (κ3) is 2.53. The molecule has 1 heterocycles. The van der Waals surface area contributed by atoms with Gasteiger partial charge in [0.1, 0.15) is 5.75 Å². The van der Waals surface area contributed by atoms with Crippen LogP contribution in [-0.4, -0.2) is 28.5 Å². The van der Waals surface area contributed by atoms with Crippen molar-refractivity contribution in [3.63, 3.8) is 0 Å². The van der Waals surface area contributed by atoms with E-state index in [-0.39, 0.29) is 17.7 Å². The van der Waals surface area contributed by atoms with Gasteiger partial charge in [-0.2, -0.15) is 0 Å². The number of nitrogens with zero attached hydrogens (tertiary/aromatic N) is 1. The fourth-order valence-corrected chi connectivity index (χ4v) is 2.82. The Kier molecular flexibility index (Phi) is 3.95. The van der Waals surface area contributed by atoms with Gasteiger partial charge in [0, 0.05) is 17.1 Å². The first-order chi connectivity index (χ1) is 8.50. The maximum Gasteiger partial charge on any atom is 0.257 e. The van der Waals surface area contributed by atoms with Crippen LogP contribution < -0.4 is 0 Å². The Hall–Kier alpha value is -1.03. The summed E-state index contributed by atoms with van der Waals surface area (Å²) in [4.78, 5) is 14.3. The normalized spacial score (nSPS) is 24.1. The number of rotatable bonds is 1. The zero-order valence-corrected chi connectivity index (χ0v) is 12.3. The van der Waals surface area contributed by atoms with Gasteiger partial charge in [0.15, 0.2) is 0 Å². The van der Waals surface area contributed by atoms with Crippen LogP contribution in [0.5, 0.6) is 5.75 Å². The van der Waals surface area contributed by atoms with Crippen molar-refractivity contribution in [1.29, 1.82) is 0 Å². The number of halogens is 1. The van der Waals surface area contributed by atoms with Crippen LogP contribution >= 0.6 is 15.9 Å². The van der Waals surface area contributed by atoms with Gasteiger partial charge in [0.2, 0.25) is 0 Å². The second kappa shape index (κ2) is 5.31. The average molecular weight is 312 g/mol. The molecule has 1 aromatic rings. The number of phenols is 1. The summed E-state index contributed by atoms with van der Waals surface area (Å²) in [6.07, 6.45) is 2.20. The van der Waals surface area contributed by atoms with Crippen LogP contribution in [0.2, 0.25) is 0 Å².